The number of nitrogens with two attached hydrogens (primary N) is 1. The van der Waals surface area contributed by atoms with Crippen molar-refractivity contribution in [3.63, 3.8) is 0 Å². The summed E-state index contributed by atoms with van der Waals surface area (Å²) in [5.74, 6) is 0. The molecule has 0 bridgehead atoms. The summed E-state index contributed by atoms with van der Waals surface area (Å²) in [7, 11) is -3.61. The Morgan fingerprint density at radius 3 is 2.50 bits per heavy atom. The number of nitriles is 1. The van der Waals surface area contributed by atoms with Crippen molar-refractivity contribution < 1.29 is 8.42 Å². The molecule has 0 unspecified atom stereocenters. The second-order valence-electron chi connectivity index (χ2n) is 4.99. The lowest BCUT2D eigenvalue weighted by Crippen LogP contribution is -2.40. The first kappa shape index (κ1) is 15.3. The summed E-state index contributed by atoms with van der Waals surface area (Å²) in [4.78, 5) is 0.0800. The summed E-state index contributed by atoms with van der Waals surface area (Å²) in [5.41, 5.74) is 6.06. The van der Waals surface area contributed by atoms with E-state index in [1.807, 2.05) is 6.07 Å². The number of benzene rings is 1. The van der Waals surface area contributed by atoms with Crippen molar-refractivity contribution in [3.05, 3.63) is 28.8 Å². The van der Waals surface area contributed by atoms with Gasteiger partial charge < -0.3 is 5.73 Å². The maximum Gasteiger partial charge on any atom is 0.240 e. The topological polar surface area (TPSA) is 96.0 Å². The number of sulfonamides is 1. The van der Waals surface area contributed by atoms with Crippen LogP contribution in [0.1, 0.15) is 31.2 Å². The van der Waals surface area contributed by atoms with Crippen LogP contribution >= 0.6 is 11.6 Å². The van der Waals surface area contributed by atoms with Gasteiger partial charge in [0.1, 0.15) is 6.07 Å². The molecular formula is C13H16ClN3O2S. The van der Waals surface area contributed by atoms with Crippen LogP contribution < -0.4 is 10.5 Å². The smallest absolute Gasteiger partial charge is 0.240 e. The lowest BCUT2D eigenvalue weighted by Gasteiger charge is -2.26. The van der Waals surface area contributed by atoms with E-state index in [2.05, 4.69) is 4.72 Å². The van der Waals surface area contributed by atoms with Crippen molar-refractivity contribution >= 4 is 21.6 Å². The standard InChI is InChI=1S/C13H16ClN3O2S/c14-13-7-12(6-1-9(13)8-15)20(18,19)17-11-4-2-10(16)3-5-11/h1,6-7,10-11,17H,2-5,16H2. The fraction of sp³-hybridized carbons (Fsp3) is 0.462. The summed E-state index contributed by atoms with van der Waals surface area (Å²) in [6, 6.07) is 6.08. The highest BCUT2D eigenvalue weighted by Crippen LogP contribution is 2.22. The third-order valence-corrected chi connectivity index (χ3v) is 5.30. The summed E-state index contributed by atoms with van der Waals surface area (Å²) in [5, 5.41) is 8.93. The Morgan fingerprint density at radius 2 is 1.95 bits per heavy atom. The molecule has 0 aromatic heterocycles. The number of nitrogens with one attached hydrogen (secondary N) is 1. The highest BCUT2D eigenvalue weighted by atomic mass is 35.5. The number of rotatable bonds is 3. The molecule has 1 aliphatic carbocycles. The largest absolute Gasteiger partial charge is 0.328 e. The maximum atomic E-state index is 12.2. The molecule has 108 valence electrons. The Kier molecular flexibility index (Phi) is 4.66. The van der Waals surface area contributed by atoms with Crippen LogP contribution in [0.25, 0.3) is 0 Å². The second-order valence-corrected chi connectivity index (χ2v) is 7.11. The van der Waals surface area contributed by atoms with Crippen molar-refractivity contribution in [2.75, 3.05) is 0 Å². The predicted octanol–water partition coefficient (Wildman–Crippen LogP) is 1.76. The highest BCUT2D eigenvalue weighted by Gasteiger charge is 2.24. The van der Waals surface area contributed by atoms with Gasteiger partial charge in [-0.3, -0.25) is 0 Å². The van der Waals surface area contributed by atoms with E-state index < -0.39 is 10.0 Å². The van der Waals surface area contributed by atoms with Gasteiger partial charge in [-0.25, -0.2) is 13.1 Å². The minimum Gasteiger partial charge on any atom is -0.328 e. The maximum absolute atomic E-state index is 12.2. The van der Waals surface area contributed by atoms with Crippen molar-refractivity contribution in [2.45, 2.75) is 42.7 Å². The molecule has 1 aromatic rings. The quantitative estimate of drug-likeness (QED) is 0.888. The monoisotopic (exact) mass is 313 g/mol. The summed E-state index contributed by atoms with van der Waals surface area (Å²) in [6.07, 6.45) is 3.12. The second kappa shape index (κ2) is 6.10. The molecule has 3 N–H and O–H groups in total. The van der Waals surface area contributed by atoms with Crippen molar-refractivity contribution in [2.24, 2.45) is 5.73 Å². The van der Waals surface area contributed by atoms with Crippen LogP contribution in [-0.2, 0) is 10.0 Å². The Balaban J connectivity index is 2.14. The van der Waals surface area contributed by atoms with Crippen molar-refractivity contribution in [3.8, 4) is 6.07 Å². The molecule has 1 aliphatic rings. The molecule has 0 aliphatic heterocycles. The van der Waals surface area contributed by atoms with Crippen LogP contribution in [0.2, 0.25) is 5.02 Å². The Bertz CT molecular complexity index is 632. The van der Waals surface area contributed by atoms with Gasteiger partial charge >= 0.3 is 0 Å². The van der Waals surface area contributed by atoms with E-state index in [-0.39, 0.29) is 27.6 Å². The Morgan fingerprint density at radius 1 is 1.30 bits per heavy atom. The number of hydrogen-bond donors (Lipinski definition) is 2. The van der Waals surface area contributed by atoms with Crippen LogP contribution in [0.15, 0.2) is 23.1 Å². The van der Waals surface area contributed by atoms with Gasteiger partial charge in [-0.05, 0) is 43.9 Å². The summed E-state index contributed by atoms with van der Waals surface area (Å²) < 4.78 is 27.2. The van der Waals surface area contributed by atoms with Gasteiger partial charge in [0.2, 0.25) is 10.0 Å². The summed E-state index contributed by atoms with van der Waals surface area (Å²) >= 11 is 5.87. The van der Waals surface area contributed by atoms with Gasteiger partial charge in [-0.1, -0.05) is 11.6 Å². The van der Waals surface area contributed by atoms with Crippen LogP contribution in [0.4, 0.5) is 0 Å². The minimum absolute atomic E-state index is 0.0800. The molecular weight excluding hydrogens is 298 g/mol. The van der Waals surface area contributed by atoms with E-state index in [1.54, 1.807) is 0 Å². The summed E-state index contributed by atoms with van der Waals surface area (Å²) in [6.45, 7) is 0. The van der Waals surface area contributed by atoms with Gasteiger partial charge in [-0.2, -0.15) is 5.26 Å². The minimum atomic E-state index is -3.61. The first-order chi connectivity index (χ1) is 9.42. The molecule has 7 heteroatoms. The Labute approximate surface area is 123 Å². The molecule has 0 heterocycles. The molecule has 0 radical (unpaired) electrons. The molecule has 0 saturated heterocycles. The molecule has 0 atom stereocenters. The zero-order valence-electron chi connectivity index (χ0n) is 10.8. The number of hydrogen-bond acceptors (Lipinski definition) is 4. The average molecular weight is 314 g/mol. The first-order valence-electron chi connectivity index (χ1n) is 6.40. The number of nitrogens with zero attached hydrogens (tertiary/aromatic N) is 1. The van der Waals surface area contributed by atoms with Gasteiger partial charge in [0, 0.05) is 12.1 Å². The average Bonchev–Trinajstić information content (AvgIpc) is 2.41. The molecule has 1 fully saturated rings. The first-order valence-corrected chi connectivity index (χ1v) is 8.26. The fourth-order valence-electron chi connectivity index (χ4n) is 2.28. The zero-order valence-corrected chi connectivity index (χ0v) is 12.4. The lowest BCUT2D eigenvalue weighted by atomic mass is 9.93. The predicted molar refractivity (Wildman–Crippen MR) is 76.7 cm³/mol. The molecule has 5 nitrogen and oxygen atoms in total. The molecule has 0 amide bonds. The van der Waals surface area contributed by atoms with Gasteiger partial charge in [0.25, 0.3) is 0 Å². The molecule has 2 rings (SSSR count). The van der Waals surface area contributed by atoms with Crippen LogP contribution in [0.3, 0.4) is 0 Å². The third kappa shape index (κ3) is 3.49. The van der Waals surface area contributed by atoms with Gasteiger partial charge in [0.05, 0.1) is 15.5 Å². The van der Waals surface area contributed by atoms with E-state index >= 15 is 0 Å². The molecule has 20 heavy (non-hydrogen) atoms. The number of halogens is 1. The molecule has 1 aromatic carbocycles. The highest BCUT2D eigenvalue weighted by molar-refractivity contribution is 7.89. The van der Waals surface area contributed by atoms with E-state index in [0.717, 1.165) is 25.7 Å². The molecule has 0 spiro atoms. The van der Waals surface area contributed by atoms with E-state index in [9.17, 15) is 8.42 Å². The van der Waals surface area contributed by atoms with Gasteiger partial charge in [-0.15, -0.1) is 0 Å². The van der Waals surface area contributed by atoms with E-state index in [1.165, 1.54) is 18.2 Å². The fourth-order valence-corrected chi connectivity index (χ4v) is 3.90. The molecule has 1 saturated carbocycles. The van der Waals surface area contributed by atoms with Gasteiger partial charge in [0.15, 0.2) is 0 Å². The normalized spacial score (nSPS) is 23.2. The van der Waals surface area contributed by atoms with E-state index in [0.29, 0.717) is 0 Å². The lowest BCUT2D eigenvalue weighted by molar-refractivity contribution is 0.373. The van der Waals surface area contributed by atoms with Crippen LogP contribution in [0.5, 0.6) is 0 Å². The van der Waals surface area contributed by atoms with Crippen LogP contribution in [0, 0.1) is 11.3 Å². The SMILES string of the molecule is N#Cc1ccc(S(=O)(=O)NC2CCC(N)CC2)cc1Cl. The Hall–Kier alpha value is -1.13. The zero-order chi connectivity index (χ0) is 14.8. The van der Waals surface area contributed by atoms with E-state index in [4.69, 9.17) is 22.6 Å². The van der Waals surface area contributed by atoms with Crippen LogP contribution in [-0.4, -0.2) is 20.5 Å². The van der Waals surface area contributed by atoms with Crippen molar-refractivity contribution in [1.82, 2.24) is 4.72 Å². The third-order valence-electron chi connectivity index (χ3n) is 3.46. The van der Waals surface area contributed by atoms with Crippen molar-refractivity contribution in [1.29, 1.82) is 5.26 Å².